The number of benzene rings is 1. The average molecular weight is 259 g/mol. The SMILES string of the molecule is Cc1nc(C)c2c(O)cc(N3CCOCC3)cc2n1. The maximum Gasteiger partial charge on any atom is 0.128 e. The van der Waals surface area contributed by atoms with Crippen LogP contribution in [0.4, 0.5) is 5.69 Å². The number of hydrogen-bond acceptors (Lipinski definition) is 5. The highest BCUT2D eigenvalue weighted by Gasteiger charge is 2.15. The van der Waals surface area contributed by atoms with Crippen molar-refractivity contribution in [3.63, 3.8) is 0 Å². The van der Waals surface area contributed by atoms with Gasteiger partial charge in [0.15, 0.2) is 0 Å². The van der Waals surface area contributed by atoms with E-state index in [4.69, 9.17) is 4.74 Å². The number of fused-ring (bicyclic) bond motifs is 1. The summed E-state index contributed by atoms with van der Waals surface area (Å²) in [6.45, 7) is 6.89. The van der Waals surface area contributed by atoms with Gasteiger partial charge in [0, 0.05) is 24.8 Å². The molecule has 0 bridgehead atoms. The molecule has 1 saturated heterocycles. The summed E-state index contributed by atoms with van der Waals surface area (Å²) < 4.78 is 5.35. The van der Waals surface area contributed by atoms with Gasteiger partial charge in [-0.2, -0.15) is 0 Å². The van der Waals surface area contributed by atoms with Crippen molar-refractivity contribution in [2.45, 2.75) is 13.8 Å². The molecular formula is C14H17N3O2. The molecule has 2 heterocycles. The topological polar surface area (TPSA) is 58.5 Å². The van der Waals surface area contributed by atoms with Crippen LogP contribution < -0.4 is 4.90 Å². The first-order valence-electron chi connectivity index (χ1n) is 6.46. The Labute approximate surface area is 111 Å². The molecule has 5 nitrogen and oxygen atoms in total. The summed E-state index contributed by atoms with van der Waals surface area (Å²) >= 11 is 0. The number of nitrogens with zero attached hydrogens (tertiary/aromatic N) is 3. The molecule has 0 saturated carbocycles. The van der Waals surface area contributed by atoms with Gasteiger partial charge in [-0.05, 0) is 19.9 Å². The lowest BCUT2D eigenvalue weighted by molar-refractivity contribution is 0.122. The number of aromatic nitrogens is 2. The Balaban J connectivity index is 2.12. The third-order valence-electron chi connectivity index (χ3n) is 3.43. The second-order valence-electron chi connectivity index (χ2n) is 4.81. The van der Waals surface area contributed by atoms with Gasteiger partial charge < -0.3 is 14.7 Å². The van der Waals surface area contributed by atoms with Crippen LogP contribution in [0.3, 0.4) is 0 Å². The largest absolute Gasteiger partial charge is 0.507 e. The van der Waals surface area contributed by atoms with Gasteiger partial charge in [0.05, 0.1) is 29.8 Å². The second-order valence-corrected chi connectivity index (χ2v) is 4.81. The van der Waals surface area contributed by atoms with Gasteiger partial charge in [-0.3, -0.25) is 0 Å². The highest BCUT2D eigenvalue weighted by atomic mass is 16.5. The molecule has 100 valence electrons. The number of aromatic hydroxyl groups is 1. The Kier molecular flexibility index (Phi) is 2.98. The minimum atomic E-state index is 0.247. The van der Waals surface area contributed by atoms with Crippen molar-refractivity contribution in [1.29, 1.82) is 0 Å². The fraction of sp³-hybridized carbons (Fsp3) is 0.429. The normalized spacial score (nSPS) is 16.0. The van der Waals surface area contributed by atoms with Crippen molar-refractivity contribution in [1.82, 2.24) is 9.97 Å². The lowest BCUT2D eigenvalue weighted by Gasteiger charge is -2.29. The van der Waals surface area contributed by atoms with Crippen molar-refractivity contribution in [3.8, 4) is 5.75 Å². The van der Waals surface area contributed by atoms with E-state index in [2.05, 4.69) is 14.9 Å². The first kappa shape index (κ1) is 12.2. The molecule has 3 rings (SSSR count). The second kappa shape index (κ2) is 4.66. The Morgan fingerprint density at radius 3 is 2.63 bits per heavy atom. The van der Waals surface area contributed by atoms with Crippen molar-refractivity contribution >= 4 is 16.6 Å². The van der Waals surface area contributed by atoms with Crippen molar-refractivity contribution in [3.05, 3.63) is 23.7 Å². The zero-order valence-corrected chi connectivity index (χ0v) is 11.2. The molecule has 0 spiro atoms. The van der Waals surface area contributed by atoms with Gasteiger partial charge in [-0.1, -0.05) is 0 Å². The van der Waals surface area contributed by atoms with E-state index in [1.165, 1.54) is 0 Å². The van der Waals surface area contributed by atoms with Gasteiger partial charge in [-0.15, -0.1) is 0 Å². The highest BCUT2D eigenvalue weighted by Crippen LogP contribution is 2.31. The first-order valence-corrected chi connectivity index (χ1v) is 6.46. The number of rotatable bonds is 1. The Morgan fingerprint density at radius 1 is 1.16 bits per heavy atom. The van der Waals surface area contributed by atoms with Gasteiger partial charge in [0.1, 0.15) is 11.6 Å². The molecule has 0 aliphatic carbocycles. The first-order chi connectivity index (χ1) is 9.15. The van der Waals surface area contributed by atoms with Crippen LogP contribution in [0.5, 0.6) is 5.75 Å². The number of morpholine rings is 1. The average Bonchev–Trinajstić information content (AvgIpc) is 2.38. The van der Waals surface area contributed by atoms with Crippen molar-refractivity contribution in [2.24, 2.45) is 0 Å². The number of phenolic OH excluding ortho intramolecular Hbond substituents is 1. The van der Waals surface area contributed by atoms with Crippen LogP contribution in [-0.2, 0) is 4.74 Å². The fourth-order valence-electron chi connectivity index (χ4n) is 2.56. The predicted octanol–water partition coefficient (Wildman–Crippen LogP) is 1.79. The van der Waals surface area contributed by atoms with E-state index in [0.717, 1.165) is 54.4 Å². The van der Waals surface area contributed by atoms with E-state index in [1.54, 1.807) is 6.07 Å². The third-order valence-corrected chi connectivity index (χ3v) is 3.43. The number of ether oxygens (including phenoxy) is 1. The van der Waals surface area contributed by atoms with Crippen molar-refractivity contribution in [2.75, 3.05) is 31.2 Å². The number of hydrogen-bond donors (Lipinski definition) is 1. The quantitative estimate of drug-likeness (QED) is 0.846. The van der Waals surface area contributed by atoms with Crippen LogP contribution >= 0.6 is 0 Å². The summed E-state index contributed by atoms with van der Waals surface area (Å²) in [6, 6.07) is 3.81. The minimum Gasteiger partial charge on any atom is -0.507 e. The highest BCUT2D eigenvalue weighted by molar-refractivity contribution is 5.90. The molecule has 1 fully saturated rings. The van der Waals surface area contributed by atoms with E-state index in [9.17, 15) is 5.11 Å². The minimum absolute atomic E-state index is 0.247. The predicted molar refractivity (Wildman–Crippen MR) is 73.7 cm³/mol. The lowest BCUT2D eigenvalue weighted by Crippen LogP contribution is -2.36. The van der Waals surface area contributed by atoms with E-state index >= 15 is 0 Å². The molecular weight excluding hydrogens is 242 g/mol. The van der Waals surface area contributed by atoms with Crippen LogP contribution in [0, 0.1) is 13.8 Å². The zero-order valence-electron chi connectivity index (χ0n) is 11.2. The van der Waals surface area contributed by atoms with Crippen LogP contribution in [0.2, 0.25) is 0 Å². The van der Waals surface area contributed by atoms with E-state index < -0.39 is 0 Å². The summed E-state index contributed by atoms with van der Waals surface area (Å²) in [5.41, 5.74) is 2.60. The number of aryl methyl sites for hydroxylation is 2. The third kappa shape index (κ3) is 2.21. The van der Waals surface area contributed by atoms with Gasteiger partial charge in [0.2, 0.25) is 0 Å². The number of anilines is 1. The van der Waals surface area contributed by atoms with E-state index in [-0.39, 0.29) is 5.75 Å². The molecule has 0 radical (unpaired) electrons. The lowest BCUT2D eigenvalue weighted by atomic mass is 10.1. The van der Waals surface area contributed by atoms with E-state index in [1.807, 2.05) is 19.9 Å². The molecule has 0 amide bonds. The zero-order chi connectivity index (χ0) is 13.4. The monoisotopic (exact) mass is 259 g/mol. The van der Waals surface area contributed by atoms with Crippen LogP contribution in [0.25, 0.3) is 10.9 Å². The molecule has 1 aliphatic rings. The molecule has 1 aromatic carbocycles. The van der Waals surface area contributed by atoms with Crippen LogP contribution in [0.1, 0.15) is 11.5 Å². The maximum absolute atomic E-state index is 10.2. The smallest absolute Gasteiger partial charge is 0.128 e. The molecule has 5 heteroatoms. The molecule has 0 atom stereocenters. The molecule has 1 N–H and O–H groups in total. The van der Waals surface area contributed by atoms with Gasteiger partial charge in [-0.25, -0.2) is 9.97 Å². The molecule has 19 heavy (non-hydrogen) atoms. The molecule has 0 unspecified atom stereocenters. The van der Waals surface area contributed by atoms with Crippen molar-refractivity contribution < 1.29 is 9.84 Å². The molecule has 1 aliphatic heterocycles. The maximum atomic E-state index is 10.2. The Morgan fingerprint density at radius 2 is 1.89 bits per heavy atom. The summed E-state index contributed by atoms with van der Waals surface area (Å²) in [6.07, 6.45) is 0. The number of phenols is 1. The summed E-state index contributed by atoms with van der Waals surface area (Å²) in [5, 5.41) is 11.0. The molecule has 1 aromatic heterocycles. The summed E-state index contributed by atoms with van der Waals surface area (Å²) in [5.74, 6) is 0.972. The summed E-state index contributed by atoms with van der Waals surface area (Å²) in [4.78, 5) is 10.9. The van der Waals surface area contributed by atoms with Gasteiger partial charge >= 0.3 is 0 Å². The Bertz CT molecular complexity index is 622. The molecule has 2 aromatic rings. The Hall–Kier alpha value is -1.88. The standard InChI is InChI=1S/C14H17N3O2/c1-9-14-12(16-10(2)15-9)7-11(8-13(14)18)17-3-5-19-6-4-17/h7-8,18H,3-6H2,1-2H3. The van der Waals surface area contributed by atoms with Crippen LogP contribution in [-0.4, -0.2) is 41.4 Å². The summed E-state index contributed by atoms with van der Waals surface area (Å²) in [7, 11) is 0. The van der Waals surface area contributed by atoms with Crippen LogP contribution in [0.15, 0.2) is 12.1 Å². The van der Waals surface area contributed by atoms with E-state index in [0.29, 0.717) is 0 Å². The fourth-order valence-corrected chi connectivity index (χ4v) is 2.56. The van der Waals surface area contributed by atoms with Gasteiger partial charge in [0.25, 0.3) is 0 Å².